The van der Waals surface area contributed by atoms with Gasteiger partial charge in [-0.25, -0.2) is 4.98 Å². The highest BCUT2D eigenvalue weighted by atomic mass is 79.9. The molecule has 9 nitrogen and oxygen atoms in total. The number of halogens is 2. The van der Waals surface area contributed by atoms with Gasteiger partial charge in [0, 0.05) is 27.0 Å². The van der Waals surface area contributed by atoms with E-state index in [2.05, 4.69) is 26.0 Å². The number of nitro groups is 1. The van der Waals surface area contributed by atoms with Gasteiger partial charge in [0.2, 0.25) is 5.75 Å². The second-order valence-electron chi connectivity index (χ2n) is 8.39. The summed E-state index contributed by atoms with van der Waals surface area (Å²) in [6.45, 7) is 3.88. The van der Waals surface area contributed by atoms with Crippen LogP contribution in [0, 0.1) is 10.1 Å². The summed E-state index contributed by atoms with van der Waals surface area (Å²) in [5.74, 6) is 0.490. The normalized spacial score (nSPS) is 11.4. The number of nitrogens with zero attached hydrogens (tertiary/aromatic N) is 4. The number of nitro benzene ring substituents is 1. The minimum Gasteiger partial charge on any atom is -0.493 e. The summed E-state index contributed by atoms with van der Waals surface area (Å²) >= 11 is 9.30. The van der Waals surface area contributed by atoms with E-state index in [1.54, 1.807) is 42.5 Å². The van der Waals surface area contributed by atoms with Gasteiger partial charge < -0.3 is 9.47 Å². The van der Waals surface area contributed by atoms with Crippen LogP contribution in [0.2, 0.25) is 5.02 Å². The van der Waals surface area contributed by atoms with Crippen molar-refractivity contribution in [1.29, 1.82) is 0 Å². The van der Waals surface area contributed by atoms with Crippen molar-refractivity contribution in [3.05, 3.63) is 102 Å². The van der Waals surface area contributed by atoms with Gasteiger partial charge in [-0.2, -0.15) is 9.78 Å². The van der Waals surface area contributed by atoms with Crippen LogP contribution in [0.3, 0.4) is 0 Å². The van der Waals surface area contributed by atoms with Crippen molar-refractivity contribution >= 4 is 50.3 Å². The molecule has 0 fully saturated rings. The summed E-state index contributed by atoms with van der Waals surface area (Å²) < 4.78 is 13.1. The maximum absolute atomic E-state index is 13.2. The number of methoxy groups -OCH3 is 1. The Kier molecular flexibility index (Phi) is 7.89. The SMILES string of the molecule is COc1cc(C=Nn2c(C(C)C)nc3ccc(Br)cc3c2=O)cc([N+](=O)[O-])c1OCc1ccc(Cl)cc1. The van der Waals surface area contributed by atoms with Gasteiger partial charge in [0.25, 0.3) is 5.56 Å². The van der Waals surface area contributed by atoms with E-state index in [1.165, 1.54) is 24.1 Å². The zero-order chi connectivity index (χ0) is 26.7. The Bertz CT molecular complexity index is 1570. The van der Waals surface area contributed by atoms with Gasteiger partial charge in [0.1, 0.15) is 12.4 Å². The third-order valence-corrected chi connectivity index (χ3v) is 6.19. The Balaban J connectivity index is 1.75. The molecule has 0 aliphatic heterocycles. The lowest BCUT2D eigenvalue weighted by Crippen LogP contribution is -2.23. The molecule has 0 spiro atoms. The topological polar surface area (TPSA) is 109 Å². The molecule has 37 heavy (non-hydrogen) atoms. The summed E-state index contributed by atoms with van der Waals surface area (Å²) in [7, 11) is 1.39. The summed E-state index contributed by atoms with van der Waals surface area (Å²) in [5, 5.41) is 17.2. The van der Waals surface area contributed by atoms with Crippen molar-refractivity contribution in [2.45, 2.75) is 26.4 Å². The molecule has 0 bridgehead atoms. The van der Waals surface area contributed by atoms with Gasteiger partial charge in [0.05, 0.1) is 29.2 Å². The average Bonchev–Trinajstić information content (AvgIpc) is 2.87. The maximum atomic E-state index is 13.2. The summed E-state index contributed by atoms with van der Waals surface area (Å²) in [6.07, 6.45) is 1.36. The predicted molar refractivity (Wildman–Crippen MR) is 146 cm³/mol. The molecule has 190 valence electrons. The molecule has 11 heteroatoms. The zero-order valence-corrected chi connectivity index (χ0v) is 22.5. The van der Waals surface area contributed by atoms with Crippen LogP contribution in [0.15, 0.2) is 69.0 Å². The molecule has 0 aliphatic rings. The number of aromatic nitrogens is 2. The smallest absolute Gasteiger partial charge is 0.315 e. The van der Waals surface area contributed by atoms with E-state index in [1.807, 2.05) is 19.9 Å². The van der Waals surface area contributed by atoms with Crippen LogP contribution >= 0.6 is 27.5 Å². The van der Waals surface area contributed by atoms with Crippen molar-refractivity contribution in [2.75, 3.05) is 7.11 Å². The number of fused-ring (bicyclic) bond motifs is 1. The molecule has 0 radical (unpaired) electrons. The first kappa shape index (κ1) is 26.3. The minimum atomic E-state index is -0.558. The van der Waals surface area contributed by atoms with Gasteiger partial charge in [-0.3, -0.25) is 14.9 Å². The Morgan fingerprint density at radius 2 is 1.92 bits per heavy atom. The molecule has 0 amide bonds. The quantitative estimate of drug-likeness (QED) is 0.136. The van der Waals surface area contributed by atoms with Gasteiger partial charge in [-0.15, -0.1) is 0 Å². The largest absolute Gasteiger partial charge is 0.493 e. The second-order valence-corrected chi connectivity index (χ2v) is 9.74. The van der Waals surface area contributed by atoms with Crippen molar-refractivity contribution in [2.24, 2.45) is 5.10 Å². The number of hydrogen-bond acceptors (Lipinski definition) is 7. The molecule has 0 N–H and O–H groups in total. The fraction of sp³-hybridized carbons (Fsp3) is 0.192. The Morgan fingerprint density at radius 1 is 1.19 bits per heavy atom. The third kappa shape index (κ3) is 5.81. The molecular weight excluding hydrogens is 564 g/mol. The first-order valence-electron chi connectivity index (χ1n) is 11.2. The Hall–Kier alpha value is -3.76. The molecule has 4 aromatic rings. The van der Waals surface area contributed by atoms with E-state index in [0.717, 1.165) is 10.0 Å². The molecule has 1 aromatic heterocycles. The van der Waals surface area contributed by atoms with Crippen LogP contribution in [0.25, 0.3) is 10.9 Å². The van der Waals surface area contributed by atoms with E-state index in [9.17, 15) is 14.9 Å². The molecule has 4 rings (SSSR count). The first-order chi connectivity index (χ1) is 17.7. The van der Waals surface area contributed by atoms with E-state index >= 15 is 0 Å². The highest BCUT2D eigenvalue weighted by Gasteiger charge is 2.22. The molecule has 0 unspecified atom stereocenters. The molecule has 0 aliphatic carbocycles. The van der Waals surface area contributed by atoms with Crippen LogP contribution in [0.4, 0.5) is 5.69 Å². The lowest BCUT2D eigenvalue weighted by molar-refractivity contribution is -0.386. The monoisotopic (exact) mass is 584 g/mol. The van der Waals surface area contributed by atoms with Crippen LogP contribution < -0.4 is 15.0 Å². The van der Waals surface area contributed by atoms with E-state index in [4.69, 9.17) is 21.1 Å². The summed E-state index contributed by atoms with van der Waals surface area (Å²) in [5.41, 5.74) is 1.03. The Labute approximate surface area is 225 Å². The maximum Gasteiger partial charge on any atom is 0.315 e. The second kappa shape index (κ2) is 11.1. The molecule has 3 aromatic carbocycles. The third-order valence-electron chi connectivity index (χ3n) is 5.44. The standard InChI is InChI=1S/C26H22BrClN4O5/c1-15(2)25-30-21-9-6-18(27)12-20(21)26(33)31(25)29-13-17-10-22(32(34)35)24(23(11-17)36-3)37-14-16-4-7-19(28)8-5-16/h4-13,15H,14H2,1-3H3. The van der Waals surface area contributed by atoms with Crippen LogP contribution in [0.5, 0.6) is 11.5 Å². The van der Waals surface area contributed by atoms with Gasteiger partial charge >= 0.3 is 5.69 Å². The Morgan fingerprint density at radius 3 is 2.57 bits per heavy atom. The van der Waals surface area contributed by atoms with E-state index in [-0.39, 0.29) is 35.3 Å². The lowest BCUT2D eigenvalue weighted by Gasteiger charge is -2.13. The van der Waals surface area contributed by atoms with Crippen LogP contribution in [0.1, 0.15) is 36.7 Å². The first-order valence-corrected chi connectivity index (χ1v) is 12.3. The van der Waals surface area contributed by atoms with Crippen molar-refractivity contribution in [3.63, 3.8) is 0 Å². The zero-order valence-electron chi connectivity index (χ0n) is 20.1. The van der Waals surface area contributed by atoms with Crippen molar-refractivity contribution in [1.82, 2.24) is 9.66 Å². The summed E-state index contributed by atoms with van der Waals surface area (Å²) in [4.78, 5) is 29.2. The van der Waals surface area contributed by atoms with Crippen LogP contribution in [-0.4, -0.2) is 27.9 Å². The molecular formula is C26H22BrClN4O5. The lowest BCUT2D eigenvalue weighted by atomic mass is 10.1. The van der Waals surface area contributed by atoms with E-state index in [0.29, 0.717) is 27.3 Å². The highest BCUT2D eigenvalue weighted by molar-refractivity contribution is 9.10. The number of rotatable bonds is 8. The van der Waals surface area contributed by atoms with Crippen molar-refractivity contribution < 1.29 is 14.4 Å². The molecule has 0 saturated heterocycles. The number of benzene rings is 3. The fourth-order valence-corrected chi connectivity index (χ4v) is 4.11. The van der Waals surface area contributed by atoms with Gasteiger partial charge in [0.15, 0.2) is 5.75 Å². The minimum absolute atomic E-state index is 0.0168. The number of ether oxygens (including phenoxy) is 2. The van der Waals surface area contributed by atoms with Gasteiger partial charge in [-0.05, 0) is 42.0 Å². The fourth-order valence-electron chi connectivity index (χ4n) is 3.63. The molecule has 0 saturated carbocycles. The van der Waals surface area contributed by atoms with Crippen LogP contribution in [-0.2, 0) is 6.61 Å². The molecule has 0 atom stereocenters. The van der Waals surface area contributed by atoms with E-state index < -0.39 is 4.92 Å². The number of hydrogen-bond donors (Lipinski definition) is 0. The average molecular weight is 586 g/mol. The predicted octanol–water partition coefficient (Wildman–Crippen LogP) is 6.31. The highest BCUT2D eigenvalue weighted by Crippen LogP contribution is 2.38. The summed E-state index contributed by atoms with van der Waals surface area (Å²) in [6, 6.07) is 15.1. The van der Waals surface area contributed by atoms with Gasteiger partial charge in [-0.1, -0.05) is 53.5 Å². The molecule has 1 heterocycles. The van der Waals surface area contributed by atoms with Crippen molar-refractivity contribution in [3.8, 4) is 11.5 Å².